The third-order valence-corrected chi connectivity index (χ3v) is 2.80. The zero-order chi connectivity index (χ0) is 9.72. The van der Waals surface area contributed by atoms with Gasteiger partial charge in [-0.25, -0.2) is 0 Å². The monoisotopic (exact) mass is 170 g/mol. The maximum Gasteiger partial charge on any atom is 0.0496 e. The number of hydrogen-bond acceptors (Lipinski definition) is 2. The summed E-state index contributed by atoms with van der Waals surface area (Å²) >= 11 is 0. The quantitative estimate of drug-likeness (QED) is 0.645. The van der Waals surface area contributed by atoms with E-state index in [1.807, 2.05) is 13.1 Å². The Labute approximate surface area is 76.3 Å². The van der Waals surface area contributed by atoms with Crippen LogP contribution in [-0.2, 0) is 0 Å². The van der Waals surface area contributed by atoms with E-state index < -0.39 is 0 Å². The van der Waals surface area contributed by atoms with Crippen molar-refractivity contribution in [3.05, 3.63) is 0 Å². The lowest BCUT2D eigenvalue weighted by atomic mass is 9.86. The van der Waals surface area contributed by atoms with E-state index in [9.17, 15) is 0 Å². The Hall–Kier alpha value is -0.370. The minimum absolute atomic E-state index is 0.259. The molecule has 0 heterocycles. The number of rotatable bonds is 4. The van der Waals surface area contributed by atoms with Crippen molar-refractivity contribution < 1.29 is 0 Å². The summed E-state index contributed by atoms with van der Waals surface area (Å²) in [6.07, 6.45) is 1.87. The Balaban J connectivity index is 4.08. The highest BCUT2D eigenvalue weighted by atomic mass is 14.8. The molecule has 0 aromatic carbocycles. The number of nitrogens with zero attached hydrogens (tertiary/aromatic N) is 1. The van der Waals surface area contributed by atoms with Gasteiger partial charge < -0.3 is 5.73 Å². The van der Waals surface area contributed by atoms with Crippen LogP contribution in [0.2, 0.25) is 0 Å². The van der Waals surface area contributed by atoms with Crippen LogP contribution in [0.25, 0.3) is 0 Å². The summed E-state index contributed by atoms with van der Waals surface area (Å²) in [5, 5.41) is 0. The highest BCUT2D eigenvalue weighted by Crippen LogP contribution is 2.19. The van der Waals surface area contributed by atoms with Crippen molar-refractivity contribution in [1.29, 1.82) is 0 Å². The molecule has 0 radical (unpaired) electrons. The fraction of sp³-hybridized carbons (Fsp3) is 0.900. The van der Waals surface area contributed by atoms with Crippen molar-refractivity contribution in [2.75, 3.05) is 0 Å². The molecule has 4 atom stereocenters. The molecule has 0 fully saturated rings. The molecular weight excluding hydrogens is 148 g/mol. The fourth-order valence-electron chi connectivity index (χ4n) is 1.29. The van der Waals surface area contributed by atoms with E-state index in [0.717, 1.165) is 0 Å². The minimum Gasteiger partial charge on any atom is -0.328 e. The van der Waals surface area contributed by atoms with Gasteiger partial charge in [0, 0.05) is 12.1 Å². The molecule has 0 aromatic rings. The first-order valence-corrected chi connectivity index (χ1v) is 4.74. The van der Waals surface area contributed by atoms with Crippen LogP contribution in [-0.4, -0.2) is 18.3 Å². The Morgan fingerprint density at radius 2 is 1.58 bits per heavy atom. The van der Waals surface area contributed by atoms with Crippen molar-refractivity contribution in [2.45, 2.75) is 46.7 Å². The van der Waals surface area contributed by atoms with E-state index in [4.69, 9.17) is 5.73 Å². The van der Waals surface area contributed by atoms with Gasteiger partial charge in [0.15, 0.2) is 0 Å². The van der Waals surface area contributed by atoms with Gasteiger partial charge in [-0.1, -0.05) is 13.8 Å². The van der Waals surface area contributed by atoms with Crippen LogP contribution in [0.4, 0.5) is 0 Å². The molecule has 1 unspecified atom stereocenters. The molecule has 0 aliphatic heterocycles. The van der Waals surface area contributed by atoms with Crippen molar-refractivity contribution >= 4 is 6.21 Å². The topological polar surface area (TPSA) is 38.4 Å². The zero-order valence-corrected chi connectivity index (χ0v) is 8.91. The van der Waals surface area contributed by atoms with Crippen LogP contribution >= 0.6 is 0 Å². The second kappa shape index (κ2) is 5.31. The predicted molar refractivity (Wildman–Crippen MR) is 55.6 cm³/mol. The van der Waals surface area contributed by atoms with Gasteiger partial charge in [0.1, 0.15) is 0 Å². The molecule has 0 bridgehead atoms. The summed E-state index contributed by atoms with van der Waals surface area (Å²) < 4.78 is 0. The molecule has 2 heteroatoms. The molecule has 0 rings (SSSR count). The Morgan fingerprint density at radius 3 is 1.92 bits per heavy atom. The molecule has 0 aliphatic carbocycles. The molecular formula is C10H22N2. The van der Waals surface area contributed by atoms with Crippen LogP contribution in [0.1, 0.15) is 34.6 Å². The Morgan fingerprint density at radius 1 is 1.08 bits per heavy atom. The maximum absolute atomic E-state index is 5.82. The summed E-state index contributed by atoms with van der Waals surface area (Å²) in [5.74, 6) is 1.09. The molecule has 0 amide bonds. The van der Waals surface area contributed by atoms with Crippen LogP contribution in [0.5, 0.6) is 0 Å². The summed E-state index contributed by atoms with van der Waals surface area (Å²) in [6.45, 7) is 10.6. The van der Waals surface area contributed by atoms with E-state index >= 15 is 0 Å². The van der Waals surface area contributed by atoms with Gasteiger partial charge in [-0.05, 0) is 38.8 Å². The lowest BCUT2D eigenvalue weighted by Crippen LogP contribution is -2.33. The molecule has 0 saturated heterocycles. The van der Waals surface area contributed by atoms with Gasteiger partial charge >= 0.3 is 0 Å². The summed E-state index contributed by atoms with van der Waals surface area (Å²) in [4.78, 5) is 4.35. The van der Waals surface area contributed by atoms with Gasteiger partial charge in [0.25, 0.3) is 0 Å². The summed E-state index contributed by atoms with van der Waals surface area (Å²) in [6, 6.07) is 0.644. The normalized spacial score (nSPS) is 22.2. The van der Waals surface area contributed by atoms with Crippen molar-refractivity contribution in [1.82, 2.24) is 0 Å². The van der Waals surface area contributed by atoms with Crippen molar-refractivity contribution in [2.24, 2.45) is 22.6 Å². The summed E-state index contributed by atoms with van der Waals surface area (Å²) in [7, 11) is 0. The molecule has 0 aromatic heterocycles. The molecule has 2 nitrogen and oxygen atoms in total. The van der Waals surface area contributed by atoms with Gasteiger partial charge in [-0.3, -0.25) is 4.99 Å². The van der Waals surface area contributed by atoms with E-state index in [0.29, 0.717) is 17.9 Å². The Bertz CT molecular complexity index is 141. The van der Waals surface area contributed by atoms with Crippen LogP contribution in [0.3, 0.4) is 0 Å². The second-order valence-electron chi connectivity index (χ2n) is 3.73. The van der Waals surface area contributed by atoms with Crippen molar-refractivity contribution in [3.8, 4) is 0 Å². The van der Waals surface area contributed by atoms with E-state index in [2.05, 4.69) is 32.7 Å². The first kappa shape index (κ1) is 11.6. The lowest BCUT2D eigenvalue weighted by molar-refractivity contribution is 0.301. The van der Waals surface area contributed by atoms with Crippen LogP contribution in [0.15, 0.2) is 4.99 Å². The number of hydrogen-bond donors (Lipinski definition) is 1. The summed E-state index contributed by atoms with van der Waals surface area (Å²) in [5.41, 5.74) is 5.82. The maximum atomic E-state index is 5.82. The van der Waals surface area contributed by atoms with E-state index in [1.54, 1.807) is 0 Å². The molecule has 0 saturated carbocycles. The number of nitrogens with two attached hydrogens (primary N) is 1. The Kier molecular flexibility index (Phi) is 5.14. The average molecular weight is 170 g/mol. The third kappa shape index (κ3) is 3.35. The molecule has 2 N–H and O–H groups in total. The highest BCUT2D eigenvalue weighted by molar-refractivity contribution is 5.53. The standard InChI is InChI=1S/C10H22N2/c1-6-12-10(5)8(3)7(2)9(4)11/h6-10H,11H2,1-5H3/b12-6-/t7-,8+,9-,10?/m1/s1. The minimum atomic E-state index is 0.259. The van der Waals surface area contributed by atoms with Crippen molar-refractivity contribution in [3.63, 3.8) is 0 Å². The van der Waals surface area contributed by atoms with E-state index in [-0.39, 0.29) is 6.04 Å². The molecule has 0 aliphatic rings. The third-order valence-electron chi connectivity index (χ3n) is 2.80. The molecule has 72 valence electrons. The first-order valence-electron chi connectivity index (χ1n) is 4.74. The van der Waals surface area contributed by atoms with Gasteiger partial charge in [0.05, 0.1) is 0 Å². The van der Waals surface area contributed by atoms with Gasteiger partial charge in [-0.15, -0.1) is 0 Å². The van der Waals surface area contributed by atoms with Gasteiger partial charge in [0.2, 0.25) is 0 Å². The van der Waals surface area contributed by atoms with Gasteiger partial charge in [-0.2, -0.15) is 0 Å². The van der Waals surface area contributed by atoms with Crippen LogP contribution in [0, 0.1) is 11.8 Å². The predicted octanol–water partition coefficient (Wildman–Crippen LogP) is 2.08. The fourth-order valence-corrected chi connectivity index (χ4v) is 1.29. The number of aliphatic imine (C=N–C) groups is 1. The smallest absolute Gasteiger partial charge is 0.0496 e. The molecule has 12 heavy (non-hydrogen) atoms. The molecule has 0 spiro atoms. The first-order chi connectivity index (χ1) is 5.50. The second-order valence-corrected chi connectivity index (χ2v) is 3.73. The largest absolute Gasteiger partial charge is 0.328 e. The zero-order valence-electron chi connectivity index (χ0n) is 8.91. The lowest BCUT2D eigenvalue weighted by Gasteiger charge is -2.26. The SMILES string of the molecule is C/C=N\C(C)[C@@H](C)[C@@H](C)[C@@H](C)N. The van der Waals surface area contributed by atoms with E-state index in [1.165, 1.54) is 0 Å². The highest BCUT2D eigenvalue weighted by Gasteiger charge is 2.20. The van der Waals surface area contributed by atoms with Crippen LogP contribution < -0.4 is 5.73 Å². The average Bonchev–Trinajstić information content (AvgIpc) is 2.02.